The SMILES string of the molecule is Cc1nc(C(=O)c2ccc3nn(C)cc3c2Cl)c(Cl)nc1N1C2CCCC1CN(C(=O)OC(C)(C)C)C2. The van der Waals surface area contributed by atoms with Crippen LogP contribution >= 0.6 is 23.2 Å². The summed E-state index contributed by atoms with van der Waals surface area (Å²) in [6.45, 7) is 8.50. The van der Waals surface area contributed by atoms with E-state index < -0.39 is 11.4 Å². The summed E-state index contributed by atoms with van der Waals surface area (Å²) in [6, 6.07) is 3.52. The molecule has 2 aliphatic rings. The smallest absolute Gasteiger partial charge is 0.410 e. The van der Waals surface area contributed by atoms with Crippen molar-refractivity contribution in [3.8, 4) is 0 Å². The number of likely N-dealkylation sites (tertiary alicyclic amines) is 1. The topological polar surface area (TPSA) is 93.5 Å². The summed E-state index contributed by atoms with van der Waals surface area (Å²) in [7, 11) is 1.80. The summed E-state index contributed by atoms with van der Waals surface area (Å²) in [6.07, 6.45) is 4.37. The molecular weight excluding hydrogens is 515 g/mol. The summed E-state index contributed by atoms with van der Waals surface area (Å²) in [5.41, 5.74) is 1.11. The molecule has 2 bridgehead atoms. The zero-order valence-corrected chi connectivity index (χ0v) is 23.1. The standard InChI is InChI=1S/C26H30Cl2N6O3/c1-14-24(34-15-7-6-8-16(34)12-33(11-15)25(36)37-26(2,3)4)30-23(28)21(29-14)22(35)17-9-10-19-18(20(17)27)13-32(5)31-19/h9-10,13,15-16H,6-8,11-12H2,1-5H3. The third kappa shape index (κ3) is 4.86. The van der Waals surface area contributed by atoms with Crippen LogP contribution in [-0.4, -0.2) is 67.3 Å². The number of hydrogen-bond donors (Lipinski definition) is 0. The second-order valence-corrected chi connectivity index (χ2v) is 11.5. The molecule has 2 aliphatic heterocycles. The first kappa shape index (κ1) is 25.7. The van der Waals surface area contributed by atoms with Crippen LogP contribution < -0.4 is 4.90 Å². The number of benzene rings is 1. The molecule has 3 aromatic rings. The van der Waals surface area contributed by atoms with Crippen molar-refractivity contribution >= 4 is 51.8 Å². The Balaban J connectivity index is 1.43. The monoisotopic (exact) mass is 544 g/mol. The third-order valence-electron chi connectivity index (χ3n) is 6.82. The van der Waals surface area contributed by atoms with Crippen molar-refractivity contribution in [1.82, 2.24) is 24.6 Å². The Bertz CT molecular complexity index is 1390. The first-order chi connectivity index (χ1) is 17.4. The molecule has 1 aromatic carbocycles. The van der Waals surface area contributed by atoms with Gasteiger partial charge in [-0.2, -0.15) is 5.10 Å². The molecule has 37 heavy (non-hydrogen) atoms. The molecule has 2 unspecified atom stereocenters. The Morgan fingerprint density at radius 1 is 1.08 bits per heavy atom. The van der Waals surface area contributed by atoms with Crippen LogP contribution in [-0.2, 0) is 11.8 Å². The minimum absolute atomic E-state index is 0.0283. The van der Waals surface area contributed by atoms with Gasteiger partial charge in [-0.05, 0) is 59.1 Å². The highest BCUT2D eigenvalue weighted by molar-refractivity contribution is 6.40. The lowest BCUT2D eigenvalue weighted by Gasteiger charge is -2.50. The molecular formula is C26H30Cl2N6O3. The number of carbonyl (C=O) groups is 2. The van der Waals surface area contributed by atoms with E-state index in [1.54, 1.807) is 35.0 Å². The Morgan fingerprint density at radius 2 is 1.76 bits per heavy atom. The lowest BCUT2D eigenvalue weighted by atomic mass is 9.91. The summed E-state index contributed by atoms with van der Waals surface area (Å²) in [5.74, 6) is 0.256. The maximum absolute atomic E-state index is 13.4. The van der Waals surface area contributed by atoms with Crippen molar-refractivity contribution in [2.24, 2.45) is 7.05 Å². The fourth-order valence-electron chi connectivity index (χ4n) is 5.29. The van der Waals surface area contributed by atoms with Crippen molar-refractivity contribution in [3.63, 3.8) is 0 Å². The Morgan fingerprint density at radius 3 is 2.41 bits per heavy atom. The number of aromatic nitrogens is 4. The van der Waals surface area contributed by atoms with E-state index in [2.05, 4.69) is 20.0 Å². The molecule has 0 aliphatic carbocycles. The Hall–Kier alpha value is -2.91. The summed E-state index contributed by atoms with van der Waals surface area (Å²) < 4.78 is 7.26. The van der Waals surface area contributed by atoms with Crippen molar-refractivity contribution in [3.05, 3.63) is 45.5 Å². The number of amides is 1. The van der Waals surface area contributed by atoms with Gasteiger partial charge in [0.1, 0.15) is 11.3 Å². The number of hydrogen-bond acceptors (Lipinski definition) is 7. The quantitative estimate of drug-likeness (QED) is 0.419. The number of piperazine rings is 1. The van der Waals surface area contributed by atoms with Gasteiger partial charge in [0.25, 0.3) is 0 Å². The van der Waals surface area contributed by atoms with Gasteiger partial charge in [0, 0.05) is 49.4 Å². The van der Waals surface area contributed by atoms with E-state index in [4.69, 9.17) is 27.9 Å². The van der Waals surface area contributed by atoms with Crippen LogP contribution in [0.5, 0.6) is 0 Å². The van der Waals surface area contributed by atoms with Crippen LogP contribution in [0.3, 0.4) is 0 Å². The number of nitrogens with zero attached hydrogens (tertiary/aromatic N) is 6. The largest absolute Gasteiger partial charge is 0.444 e. The minimum atomic E-state index is -0.550. The van der Waals surface area contributed by atoms with Gasteiger partial charge in [0.05, 0.1) is 16.2 Å². The van der Waals surface area contributed by atoms with Crippen LogP contribution in [0.1, 0.15) is 61.8 Å². The van der Waals surface area contributed by atoms with Crippen LogP contribution in [0, 0.1) is 6.92 Å². The highest BCUT2D eigenvalue weighted by atomic mass is 35.5. The lowest BCUT2D eigenvalue weighted by molar-refractivity contribution is 0.0154. The van der Waals surface area contributed by atoms with E-state index in [0.29, 0.717) is 46.1 Å². The number of ketones is 1. The number of aryl methyl sites for hydroxylation is 2. The van der Waals surface area contributed by atoms with Gasteiger partial charge >= 0.3 is 6.09 Å². The van der Waals surface area contributed by atoms with Crippen LogP contribution in [0.15, 0.2) is 18.3 Å². The molecule has 0 saturated carbocycles. The molecule has 0 radical (unpaired) electrons. The Kier molecular flexibility index (Phi) is 6.56. The minimum Gasteiger partial charge on any atom is -0.444 e. The summed E-state index contributed by atoms with van der Waals surface area (Å²) in [4.78, 5) is 39.5. The van der Waals surface area contributed by atoms with Gasteiger partial charge in [-0.25, -0.2) is 14.8 Å². The fraction of sp³-hybridized carbons (Fsp3) is 0.500. The van der Waals surface area contributed by atoms with Gasteiger partial charge < -0.3 is 14.5 Å². The van der Waals surface area contributed by atoms with Gasteiger partial charge in [0.2, 0.25) is 5.78 Å². The zero-order chi connectivity index (χ0) is 26.6. The maximum atomic E-state index is 13.4. The molecule has 11 heteroatoms. The van der Waals surface area contributed by atoms with Gasteiger partial charge in [-0.1, -0.05) is 23.2 Å². The van der Waals surface area contributed by atoms with Crippen molar-refractivity contribution < 1.29 is 14.3 Å². The Labute approximate surface area is 225 Å². The second kappa shape index (κ2) is 9.44. The predicted octanol–water partition coefficient (Wildman–Crippen LogP) is 5.19. The number of rotatable bonds is 3. The van der Waals surface area contributed by atoms with Gasteiger partial charge in [0.15, 0.2) is 11.0 Å². The molecule has 4 heterocycles. The molecule has 5 rings (SSSR count). The number of anilines is 1. The van der Waals surface area contributed by atoms with Gasteiger partial charge in [-0.15, -0.1) is 0 Å². The second-order valence-electron chi connectivity index (χ2n) is 10.8. The highest BCUT2D eigenvalue weighted by Gasteiger charge is 2.42. The molecule has 2 saturated heterocycles. The predicted molar refractivity (Wildman–Crippen MR) is 143 cm³/mol. The van der Waals surface area contributed by atoms with Crippen molar-refractivity contribution in [1.29, 1.82) is 0 Å². The van der Waals surface area contributed by atoms with Crippen LogP contribution in [0.4, 0.5) is 10.6 Å². The number of carbonyl (C=O) groups excluding carboxylic acids is 2. The zero-order valence-electron chi connectivity index (χ0n) is 21.6. The maximum Gasteiger partial charge on any atom is 0.410 e. The van der Waals surface area contributed by atoms with E-state index in [-0.39, 0.29) is 29.0 Å². The average molecular weight is 545 g/mol. The molecule has 2 aromatic heterocycles. The first-order valence-electron chi connectivity index (χ1n) is 12.4. The fourth-order valence-corrected chi connectivity index (χ4v) is 5.79. The van der Waals surface area contributed by atoms with E-state index in [1.807, 2.05) is 27.7 Å². The molecule has 2 fully saturated rings. The number of ether oxygens (including phenoxy) is 1. The van der Waals surface area contributed by atoms with Crippen LogP contribution in [0.25, 0.3) is 10.9 Å². The van der Waals surface area contributed by atoms with E-state index >= 15 is 0 Å². The number of piperidine rings is 1. The molecule has 0 spiro atoms. The van der Waals surface area contributed by atoms with Crippen LogP contribution in [0.2, 0.25) is 10.2 Å². The average Bonchev–Trinajstić information content (AvgIpc) is 3.19. The van der Waals surface area contributed by atoms with E-state index in [9.17, 15) is 9.59 Å². The van der Waals surface area contributed by atoms with E-state index in [1.165, 1.54) is 0 Å². The van der Waals surface area contributed by atoms with Crippen molar-refractivity contribution in [2.75, 3.05) is 18.0 Å². The van der Waals surface area contributed by atoms with E-state index in [0.717, 1.165) is 19.3 Å². The molecule has 2 atom stereocenters. The number of fused-ring (bicyclic) bond motifs is 3. The van der Waals surface area contributed by atoms with Crippen molar-refractivity contribution in [2.45, 2.75) is 64.6 Å². The van der Waals surface area contributed by atoms with Gasteiger partial charge in [-0.3, -0.25) is 9.48 Å². The molecule has 1 amide bonds. The summed E-state index contributed by atoms with van der Waals surface area (Å²) in [5, 5.41) is 5.35. The third-order valence-corrected chi connectivity index (χ3v) is 7.49. The summed E-state index contributed by atoms with van der Waals surface area (Å²) >= 11 is 13.2. The number of halogens is 2. The molecule has 9 nitrogen and oxygen atoms in total. The first-order valence-corrected chi connectivity index (χ1v) is 13.2. The lowest BCUT2D eigenvalue weighted by Crippen LogP contribution is -2.63. The normalized spacial score (nSPS) is 19.9. The highest BCUT2D eigenvalue weighted by Crippen LogP contribution is 2.36. The molecule has 0 N–H and O–H groups in total. The molecule has 196 valence electrons.